The highest BCUT2D eigenvalue weighted by Gasteiger charge is 2.38. The van der Waals surface area contributed by atoms with Gasteiger partial charge in [-0.2, -0.15) is 13.2 Å². The summed E-state index contributed by atoms with van der Waals surface area (Å²) in [5.74, 6) is -5.48. The van der Waals surface area contributed by atoms with Gasteiger partial charge in [0.2, 0.25) is 0 Å². The molecule has 0 aliphatic carbocycles. The lowest BCUT2D eigenvalue weighted by atomic mass is 9.99. The topological polar surface area (TPSA) is 264 Å². The first-order valence-electron chi connectivity index (χ1n) is 20.9. The van der Waals surface area contributed by atoms with Gasteiger partial charge in [0.15, 0.2) is 6.10 Å². The molecule has 4 aliphatic heterocycles. The molecule has 66 heavy (non-hydrogen) atoms. The standard InChI is InChI=1S/C35H45ClF3N7O4.2C4H4O4/c1-42-16-18-43(19-17-42)25-7-11-44(12-8-25)32(47)30(22-23-20-27(35(37,38)39)31(40)28(36)21-23)50-34(49)45-13-9-26(10-14-45)46-15-6-24-4-2-3-5-29(24)41-33(46)48;2*5-3(6)1-2-4(7)8/h2-5,20-21,25-26,30H,6-19,22,40H2,1H3,(H,41,48);2*1-2H,(H,5,6)(H,7,8). The number of ether oxygens (including phenoxy) is 1. The van der Waals surface area contributed by atoms with E-state index in [-0.39, 0.29) is 29.1 Å². The third-order valence-corrected chi connectivity index (χ3v) is 11.6. The Morgan fingerprint density at radius 2 is 1.30 bits per heavy atom. The van der Waals surface area contributed by atoms with Crippen LogP contribution in [0.15, 0.2) is 60.7 Å². The zero-order chi connectivity index (χ0) is 48.7. The van der Waals surface area contributed by atoms with Crippen molar-refractivity contribution in [3.05, 3.63) is 82.4 Å². The van der Waals surface area contributed by atoms with Crippen molar-refractivity contribution < 1.29 is 71.9 Å². The van der Waals surface area contributed by atoms with Gasteiger partial charge in [-0.25, -0.2) is 28.8 Å². The second-order valence-electron chi connectivity index (χ2n) is 15.8. The van der Waals surface area contributed by atoms with E-state index in [1.807, 2.05) is 29.2 Å². The molecule has 0 aromatic heterocycles. The fourth-order valence-corrected chi connectivity index (χ4v) is 8.08. The number of likely N-dealkylation sites (N-methyl/N-ethyl adjacent to an activating group) is 1. The molecule has 4 amide bonds. The molecule has 3 saturated heterocycles. The number of para-hydroxylation sites is 1. The Balaban J connectivity index is 0.000000508. The van der Waals surface area contributed by atoms with Crippen molar-refractivity contribution in [2.45, 2.75) is 62.9 Å². The molecule has 2 aromatic rings. The van der Waals surface area contributed by atoms with Crippen molar-refractivity contribution >= 4 is 64.9 Å². The summed E-state index contributed by atoms with van der Waals surface area (Å²) in [7, 11) is 2.10. The Bertz CT molecular complexity index is 2070. The molecule has 3 fully saturated rings. The van der Waals surface area contributed by atoms with E-state index in [1.54, 1.807) is 4.90 Å². The number of nitrogen functional groups attached to an aromatic ring is 1. The van der Waals surface area contributed by atoms with E-state index >= 15 is 0 Å². The second kappa shape index (κ2) is 24.2. The third kappa shape index (κ3) is 15.9. The molecular formula is C43H53ClF3N7O12. The number of anilines is 2. The molecule has 4 heterocycles. The number of nitrogens with one attached hydrogen (secondary N) is 1. The van der Waals surface area contributed by atoms with Crippen molar-refractivity contribution in [3.63, 3.8) is 0 Å². The smallest absolute Gasteiger partial charge is 0.418 e. The van der Waals surface area contributed by atoms with E-state index in [0.717, 1.165) is 56.3 Å². The molecule has 0 bridgehead atoms. The minimum absolute atomic E-state index is 0.0851. The third-order valence-electron chi connectivity index (χ3n) is 11.3. The fourth-order valence-electron chi connectivity index (χ4n) is 7.84. The number of carboxylic acid groups (broad SMARTS) is 4. The Morgan fingerprint density at radius 1 is 0.788 bits per heavy atom. The Hall–Kier alpha value is -6.39. The van der Waals surface area contributed by atoms with Crippen LogP contribution in [0.4, 0.5) is 34.1 Å². The molecule has 1 atom stereocenters. The maximum atomic E-state index is 14.0. The Morgan fingerprint density at radius 3 is 1.83 bits per heavy atom. The van der Waals surface area contributed by atoms with Crippen molar-refractivity contribution in [3.8, 4) is 0 Å². The highest BCUT2D eigenvalue weighted by molar-refractivity contribution is 6.33. The molecule has 6 rings (SSSR count). The van der Waals surface area contributed by atoms with Crippen molar-refractivity contribution in [2.75, 3.05) is 77.0 Å². The maximum Gasteiger partial charge on any atom is 0.418 e. The van der Waals surface area contributed by atoms with E-state index in [1.165, 1.54) is 11.0 Å². The largest absolute Gasteiger partial charge is 0.478 e. The first-order valence-corrected chi connectivity index (χ1v) is 21.3. The SMILES string of the molecule is CN1CCN(C2CCN(C(=O)C(Cc3cc(Cl)c(N)c(C(F)(F)F)c3)OC(=O)N3CCC(N4CCc5ccccc5NC4=O)CC3)CC2)CC1.O=C(O)C=CC(=O)O.O=C(O)C=CC(=O)O. The van der Waals surface area contributed by atoms with E-state index < -0.39 is 59.4 Å². The fraction of sp³-hybridized carbons (Fsp3) is 0.465. The zero-order valence-electron chi connectivity index (χ0n) is 36.0. The molecule has 0 saturated carbocycles. The van der Waals surface area contributed by atoms with Crippen LogP contribution >= 0.6 is 11.6 Å². The van der Waals surface area contributed by atoms with Crippen LogP contribution in [0.1, 0.15) is 42.4 Å². The lowest BCUT2D eigenvalue weighted by Crippen LogP contribution is -2.54. The van der Waals surface area contributed by atoms with E-state index in [4.69, 9.17) is 42.5 Å². The van der Waals surface area contributed by atoms with Crippen LogP contribution in [0, 0.1) is 0 Å². The number of alkyl halides is 3. The number of amides is 4. The molecule has 23 heteroatoms. The number of rotatable bonds is 10. The Kier molecular flexibility index (Phi) is 19.2. The molecule has 0 spiro atoms. The summed E-state index contributed by atoms with van der Waals surface area (Å²) < 4.78 is 47.3. The number of carbonyl (C=O) groups is 7. The van der Waals surface area contributed by atoms with Gasteiger partial charge in [0.05, 0.1) is 16.3 Å². The van der Waals surface area contributed by atoms with E-state index in [2.05, 4.69) is 22.2 Å². The number of carbonyl (C=O) groups excluding carboxylic acids is 3. The summed E-state index contributed by atoms with van der Waals surface area (Å²) in [6.07, 6.45) is -1.67. The summed E-state index contributed by atoms with van der Waals surface area (Å²) in [6, 6.07) is 9.91. The van der Waals surface area contributed by atoms with Crippen LogP contribution in [0.2, 0.25) is 5.02 Å². The maximum absolute atomic E-state index is 14.0. The average molecular weight is 952 g/mol. The van der Waals surface area contributed by atoms with Crippen LogP contribution in [-0.4, -0.2) is 171 Å². The van der Waals surface area contributed by atoms with Gasteiger partial charge in [-0.3, -0.25) is 9.69 Å². The summed E-state index contributed by atoms with van der Waals surface area (Å²) in [4.78, 5) is 88.5. The van der Waals surface area contributed by atoms with E-state index in [0.29, 0.717) is 82.3 Å². The van der Waals surface area contributed by atoms with Crippen molar-refractivity contribution in [1.82, 2.24) is 24.5 Å². The van der Waals surface area contributed by atoms with Crippen LogP contribution in [0.25, 0.3) is 0 Å². The average Bonchev–Trinajstić information content (AvgIpc) is 3.44. The number of hydrogen-bond acceptors (Lipinski definition) is 11. The number of urea groups is 1. The monoisotopic (exact) mass is 951 g/mol. The lowest BCUT2D eigenvalue weighted by molar-refractivity contribution is -0.142. The minimum atomic E-state index is -4.76. The number of piperidine rings is 2. The van der Waals surface area contributed by atoms with Gasteiger partial charge in [-0.1, -0.05) is 29.8 Å². The number of aliphatic carboxylic acids is 4. The van der Waals surface area contributed by atoms with Gasteiger partial charge in [-0.05, 0) is 68.5 Å². The van der Waals surface area contributed by atoms with Gasteiger partial charge in [0, 0.05) is 107 Å². The van der Waals surface area contributed by atoms with Crippen molar-refractivity contribution in [1.29, 1.82) is 0 Å². The molecule has 0 radical (unpaired) electrons. The molecule has 2 aromatic carbocycles. The number of carboxylic acids is 4. The number of hydrogen-bond donors (Lipinski definition) is 6. The van der Waals surface area contributed by atoms with Gasteiger partial charge < -0.3 is 55.8 Å². The number of fused-ring (bicyclic) bond motifs is 1. The Labute approximate surface area is 382 Å². The first kappa shape index (κ1) is 52.2. The summed E-state index contributed by atoms with van der Waals surface area (Å²) in [6.45, 7) is 5.93. The highest BCUT2D eigenvalue weighted by atomic mass is 35.5. The highest BCUT2D eigenvalue weighted by Crippen LogP contribution is 2.38. The number of benzene rings is 2. The van der Waals surface area contributed by atoms with Gasteiger partial charge in [-0.15, -0.1) is 0 Å². The molecule has 19 nitrogen and oxygen atoms in total. The minimum Gasteiger partial charge on any atom is -0.478 e. The van der Waals surface area contributed by atoms with Gasteiger partial charge in [0.25, 0.3) is 5.91 Å². The van der Waals surface area contributed by atoms with Gasteiger partial charge in [0.1, 0.15) is 0 Å². The normalized spacial score (nSPS) is 18.2. The molecular weight excluding hydrogens is 899 g/mol. The second-order valence-corrected chi connectivity index (χ2v) is 16.2. The quantitative estimate of drug-likeness (QED) is 0.144. The number of nitrogens with zero attached hydrogens (tertiary/aromatic N) is 5. The predicted molar refractivity (Wildman–Crippen MR) is 233 cm³/mol. The first-order chi connectivity index (χ1) is 31.1. The summed E-state index contributed by atoms with van der Waals surface area (Å²) >= 11 is 6.11. The number of nitrogens with two attached hydrogens (primary N) is 1. The summed E-state index contributed by atoms with van der Waals surface area (Å²) in [5, 5.41) is 33.9. The summed E-state index contributed by atoms with van der Waals surface area (Å²) in [5.41, 5.74) is 5.90. The lowest BCUT2D eigenvalue weighted by Gasteiger charge is -2.42. The molecule has 360 valence electrons. The van der Waals surface area contributed by atoms with Crippen LogP contribution in [0.5, 0.6) is 0 Å². The van der Waals surface area contributed by atoms with Gasteiger partial charge >= 0.3 is 42.2 Å². The number of piperazine rings is 1. The molecule has 1 unspecified atom stereocenters. The zero-order valence-corrected chi connectivity index (χ0v) is 36.7. The molecule has 7 N–H and O–H groups in total. The van der Waals surface area contributed by atoms with Crippen LogP contribution in [-0.2, 0) is 47.7 Å². The predicted octanol–water partition coefficient (Wildman–Crippen LogP) is 4.21. The number of halogens is 4. The number of likely N-dealkylation sites (tertiary alicyclic amines) is 2. The van der Waals surface area contributed by atoms with Crippen molar-refractivity contribution in [2.24, 2.45) is 0 Å². The molecule has 4 aliphatic rings. The van der Waals surface area contributed by atoms with Crippen LogP contribution < -0.4 is 11.1 Å². The van der Waals surface area contributed by atoms with Crippen LogP contribution in [0.3, 0.4) is 0 Å². The van der Waals surface area contributed by atoms with E-state index in [9.17, 15) is 46.7 Å².